The molecule has 4 rings (SSSR count). The molecule has 0 spiro atoms. The fourth-order valence-electron chi connectivity index (χ4n) is 4.46. The van der Waals surface area contributed by atoms with Crippen LogP contribution in [0.5, 0.6) is 0 Å². The first-order valence-corrected chi connectivity index (χ1v) is 11.6. The number of thioether (sulfide) groups is 1. The minimum atomic E-state index is -0.168. The van der Waals surface area contributed by atoms with E-state index in [1.54, 1.807) is 4.52 Å². The first-order valence-electron chi connectivity index (χ1n) is 10.7. The van der Waals surface area contributed by atoms with Gasteiger partial charge in [0.15, 0.2) is 11.5 Å². The molecule has 8 heteroatoms. The number of hydrogen-bond donors (Lipinski definition) is 1. The second-order valence-electron chi connectivity index (χ2n) is 8.76. The molecule has 1 unspecified atom stereocenters. The van der Waals surface area contributed by atoms with Gasteiger partial charge in [-0.05, 0) is 57.7 Å². The van der Waals surface area contributed by atoms with Crippen molar-refractivity contribution in [3.05, 3.63) is 53.9 Å². The molecule has 1 atom stereocenters. The third kappa shape index (κ3) is 5.07. The molecule has 2 aromatic heterocycles. The number of aryl methyl sites for hydroxylation is 1. The largest absolute Gasteiger partial charge is 0.376 e. The van der Waals surface area contributed by atoms with Crippen LogP contribution in [-0.2, 0) is 14.9 Å². The van der Waals surface area contributed by atoms with Gasteiger partial charge in [-0.1, -0.05) is 42.1 Å². The van der Waals surface area contributed by atoms with Crippen LogP contribution in [0, 0.1) is 6.92 Å². The minimum Gasteiger partial charge on any atom is -0.376 e. The Bertz CT molecular complexity index is 1050. The van der Waals surface area contributed by atoms with E-state index in [0.717, 1.165) is 36.7 Å². The molecule has 1 aliphatic rings. The Kier molecular flexibility index (Phi) is 6.29. The highest BCUT2D eigenvalue weighted by Crippen LogP contribution is 2.43. The Balaban J connectivity index is 1.34. The second kappa shape index (κ2) is 8.96. The van der Waals surface area contributed by atoms with Gasteiger partial charge < -0.3 is 10.1 Å². The fourth-order valence-corrected chi connectivity index (χ4v) is 5.15. The van der Waals surface area contributed by atoms with Crippen LogP contribution in [0.1, 0.15) is 44.5 Å². The number of carbonyl (C=O) groups excluding carboxylic acids is 1. The maximum atomic E-state index is 12.5. The summed E-state index contributed by atoms with van der Waals surface area (Å²) in [6, 6.07) is 14.4. The molecule has 1 aliphatic heterocycles. The van der Waals surface area contributed by atoms with E-state index in [9.17, 15) is 4.79 Å². The molecule has 164 valence electrons. The lowest BCUT2D eigenvalue weighted by molar-refractivity contribution is -0.118. The SMILES string of the molecule is Cc1nnc2ccc(SCC(=O)NCCC3(c4ccccc4)CCOC(C)(C)C3)nn12. The molecule has 7 nitrogen and oxygen atoms in total. The molecule has 0 aliphatic carbocycles. The Hall–Kier alpha value is -2.45. The summed E-state index contributed by atoms with van der Waals surface area (Å²) < 4.78 is 7.67. The van der Waals surface area contributed by atoms with Crippen molar-refractivity contribution in [3.63, 3.8) is 0 Å². The van der Waals surface area contributed by atoms with Crippen LogP contribution in [0.25, 0.3) is 5.65 Å². The molecular weight excluding hydrogens is 410 g/mol. The van der Waals surface area contributed by atoms with Crippen LogP contribution < -0.4 is 5.32 Å². The van der Waals surface area contributed by atoms with E-state index in [0.29, 0.717) is 17.9 Å². The van der Waals surface area contributed by atoms with Crippen LogP contribution in [-0.4, -0.2) is 50.2 Å². The summed E-state index contributed by atoms with van der Waals surface area (Å²) in [5.41, 5.74) is 1.88. The number of rotatable bonds is 7. The van der Waals surface area contributed by atoms with Crippen molar-refractivity contribution < 1.29 is 9.53 Å². The molecule has 1 fully saturated rings. The van der Waals surface area contributed by atoms with Crippen molar-refractivity contribution in [1.82, 2.24) is 25.1 Å². The van der Waals surface area contributed by atoms with Gasteiger partial charge in [0.1, 0.15) is 5.03 Å². The molecule has 0 radical (unpaired) electrons. The van der Waals surface area contributed by atoms with Gasteiger partial charge in [0.25, 0.3) is 0 Å². The highest BCUT2D eigenvalue weighted by atomic mass is 32.2. The third-order valence-corrected chi connectivity index (χ3v) is 6.81. The summed E-state index contributed by atoms with van der Waals surface area (Å²) in [6.07, 6.45) is 2.80. The molecule has 1 aromatic carbocycles. The quantitative estimate of drug-likeness (QED) is 0.567. The van der Waals surface area contributed by atoms with Crippen LogP contribution in [0.15, 0.2) is 47.5 Å². The van der Waals surface area contributed by atoms with Crippen LogP contribution >= 0.6 is 11.8 Å². The number of nitrogens with one attached hydrogen (secondary N) is 1. The Morgan fingerprint density at radius 1 is 1.19 bits per heavy atom. The first kappa shape index (κ1) is 21.8. The van der Waals surface area contributed by atoms with Crippen molar-refractivity contribution >= 4 is 23.3 Å². The van der Waals surface area contributed by atoms with Crippen LogP contribution in [0.3, 0.4) is 0 Å². The van der Waals surface area contributed by atoms with E-state index >= 15 is 0 Å². The highest BCUT2D eigenvalue weighted by molar-refractivity contribution is 7.99. The van der Waals surface area contributed by atoms with E-state index in [-0.39, 0.29) is 16.9 Å². The van der Waals surface area contributed by atoms with E-state index in [1.807, 2.05) is 25.1 Å². The van der Waals surface area contributed by atoms with Crippen molar-refractivity contribution in [1.29, 1.82) is 0 Å². The molecular formula is C23H29N5O2S. The molecule has 1 N–H and O–H groups in total. The van der Waals surface area contributed by atoms with E-state index in [2.05, 4.69) is 58.7 Å². The lowest BCUT2D eigenvalue weighted by Crippen LogP contribution is -2.45. The summed E-state index contributed by atoms with van der Waals surface area (Å²) in [6.45, 7) is 7.54. The van der Waals surface area contributed by atoms with Gasteiger partial charge in [-0.15, -0.1) is 10.2 Å². The molecule has 0 saturated carbocycles. The molecule has 31 heavy (non-hydrogen) atoms. The van der Waals surface area contributed by atoms with Crippen LogP contribution in [0.2, 0.25) is 0 Å². The predicted molar refractivity (Wildman–Crippen MR) is 121 cm³/mol. The first-order chi connectivity index (χ1) is 14.9. The number of aromatic nitrogens is 4. The fraction of sp³-hybridized carbons (Fsp3) is 0.478. The van der Waals surface area contributed by atoms with E-state index in [4.69, 9.17) is 4.74 Å². The van der Waals surface area contributed by atoms with E-state index < -0.39 is 0 Å². The van der Waals surface area contributed by atoms with Crippen molar-refractivity contribution in [2.75, 3.05) is 18.9 Å². The zero-order chi connectivity index (χ0) is 21.9. The van der Waals surface area contributed by atoms with Gasteiger partial charge in [-0.3, -0.25) is 4.79 Å². The molecule has 3 heterocycles. The average Bonchev–Trinajstić information content (AvgIpc) is 3.12. The number of carbonyl (C=O) groups is 1. The summed E-state index contributed by atoms with van der Waals surface area (Å²) in [5, 5.41) is 16.4. The number of ether oxygens (including phenoxy) is 1. The van der Waals surface area contributed by atoms with Gasteiger partial charge >= 0.3 is 0 Å². The van der Waals surface area contributed by atoms with Gasteiger partial charge in [-0.2, -0.15) is 9.61 Å². The summed E-state index contributed by atoms with van der Waals surface area (Å²) in [4.78, 5) is 12.5. The average molecular weight is 440 g/mol. The minimum absolute atomic E-state index is 0.0157. The summed E-state index contributed by atoms with van der Waals surface area (Å²) in [5.74, 6) is 1.07. The smallest absolute Gasteiger partial charge is 0.230 e. The van der Waals surface area contributed by atoms with Crippen molar-refractivity contribution in [3.8, 4) is 0 Å². The third-order valence-electron chi connectivity index (χ3n) is 5.89. The summed E-state index contributed by atoms with van der Waals surface area (Å²) in [7, 11) is 0. The monoisotopic (exact) mass is 439 g/mol. The lowest BCUT2D eigenvalue weighted by atomic mass is 9.67. The van der Waals surface area contributed by atoms with Gasteiger partial charge in [0.05, 0.1) is 11.4 Å². The topological polar surface area (TPSA) is 81.4 Å². The van der Waals surface area contributed by atoms with Gasteiger partial charge in [0, 0.05) is 18.6 Å². The Morgan fingerprint density at radius 2 is 2.00 bits per heavy atom. The maximum Gasteiger partial charge on any atom is 0.230 e. The standard InChI is InChI=1S/C23H29N5O2S/c1-17-25-26-19-9-10-21(27-28(17)19)31-15-20(29)24-13-11-23(18-7-5-4-6-8-18)12-14-30-22(2,3)16-23/h4-10H,11-16H2,1-3H3,(H,24,29). The highest BCUT2D eigenvalue weighted by Gasteiger charge is 2.41. The number of hydrogen-bond acceptors (Lipinski definition) is 6. The number of amides is 1. The zero-order valence-corrected chi connectivity index (χ0v) is 19.1. The molecule has 1 saturated heterocycles. The van der Waals surface area contributed by atoms with Crippen molar-refractivity contribution in [2.45, 2.75) is 56.1 Å². The lowest BCUT2D eigenvalue weighted by Gasteiger charge is -2.45. The zero-order valence-electron chi connectivity index (χ0n) is 18.3. The maximum absolute atomic E-state index is 12.5. The second-order valence-corrected chi connectivity index (χ2v) is 9.75. The number of nitrogens with zero attached hydrogens (tertiary/aromatic N) is 4. The Labute approximate surface area is 187 Å². The van der Waals surface area contributed by atoms with Gasteiger partial charge in [0.2, 0.25) is 5.91 Å². The number of benzene rings is 1. The van der Waals surface area contributed by atoms with Gasteiger partial charge in [-0.25, -0.2) is 0 Å². The Morgan fingerprint density at radius 3 is 2.77 bits per heavy atom. The normalized spacial score (nSPS) is 20.6. The molecule has 1 amide bonds. The van der Waals surface area contributed by atoms with E-state index in [1.165, 1.54) is 17.3 Å². The summed E-state index contributed by atoms with van der Waals surface area (Å²) >= 11 is 1.42. The molecule has 0 bridgehead atoms. The predicted octanol–water partition coefficient (Wildman–Crippen LogP) is 3.56. The molecule has 3 aromatic rings. The van der Waals surface area contributed by atoms with Crippen molar-refractivity contribution in [2.24, 2.45) is 0 Å². The number of fused-ring (bicyclic) bond motifs is 1. The van der Waals surface area contributed by atoms with Crippen LogP contribution in [0.4, 0.5) is 0 Å².